The van der Waals surface area contributed by atoms with E-state index in [0.717, 1.165) is 59.0 Å². The third-order valence-electron chi connectivity index (χ3n) is 3.71. The second kappa shape index (κ2) is 17.7. The Hall–Kier alpha value is -2.16. The van der Waals surface area contributed by atoms with Gasteiger partial charge in [0, 0.05) is 11.1 Å². The summed E-state index contributed by atoms with van der Waals surface area (Å²) in [6, 6.07) is 11.4. The zero-order valence-corrected chi connectivity index (χ0v) is 20.6. The van der Waals surface area contributed by atoms with Gasteiger partial charge in [-0.15, -0.1) is 0 Å². The SMILES string of the molecule is CCN=NCC.CCN=NCC.Cc1cccc(P=O)c1-c1c(C)cccc1P=O. The van der Waals surface area contributed by atoms with Crippen molar-refractivity contribution in [2.45, 2.75) is 41.5 Å². The molecule has 0 saturated carbocycles. The van der Waals surface area contributed by atoms with Crippen molar-refractivity contribution >= 4 is 27.5 Å². The Morgan fingerprint density at radius 2 is 0.900 bits per heavy atom. The largest absolute Gasteiger partial charge is 0.269 e. The Labute approximate surface area is 183 Å². The second-order valence-electron chi connectivity index (χ2n) is 5.95. The van der Waals surface area contributed by atoms with Gasteiger partial charge < -0.3 is 0 Å². The Bertz CT molecular complexity index is 758. The second-order valence-corrected chi connectivity index (χ2v) is 7.28. The smallest absolute Gasteiger partial charge is 0.192 e. The van der Waals surface area contributed by atoms with Gasteiger partial charge in [-0.25, -0.2) is 0 Å². The molecule has 0 aliphatic carbocycles. The van der Waals surface area contributed by atoms with E-state index in [2.05, 4.69) is 20.5 Å². The molecule has 0 aliphatic heterocycles. The summed E-state index contributed by atoms with van der Waals surface area (Å²) in [5, 5.41) is 16.3. The van der Waals surface area contributed by atoms with Gasteiger partial charge in [-0.2, -0.15) is 20.5 Å². The molecule has 8 heteroatoms. The number of hydrogen-bond donors (Lipinski definition) is 0. The summed E-state index contributed by atoms with van der Waals surface area (Å²) >= 11 is 0. The van der Waals surface area contributed by atoms with Crippen LogP contribution in [0.15, 0.2) is 56.9 Å². The van der Waals surface area contributed by atoms with Crippen molar-refractivity contribution in [2.24, 2.45) is 20.5 Å². The summed E-state index contributed by atoms with van der Waals surface area (Å²) < 4.78 is 22.6. The molecule has 0 fully saturated rings. The summed E-state index contributed by atoms with van der Waals surface area (Å²) in [6.07, 6.45) is 0. The number of benzene rings is 2. The van der Waals surface area contributed by atoms with Gasteiger partial charge in [0.05, 0.1) is 36.8 Å². The van der Waals surface area contributed by atoms with Crippen LogP contribution in [0.5, 0.6) is 0 Å². The first-order chi connectivity index (χ1) is 14.5. The molecule has 0 radical (unpaired) electrons. The molecule has 2 aromatic carbocycles. The fraction of sp³-hybridized carbons (Fsp3) is 0.455. The highest BCUT2D eigenvalue weighted by atomic mass is 31.1. The molecule has 0 aliphatic rings. The molecule has 0 unspecified atom stereocenters. The van der Waals surface area contributed by atoms with Crippen molar-refractivity contribution in [1.29, 1.82) is 0 Å². The van der Waals surface area contributed by atoms with Crippen LogP contribution in [-0.2, 0) is 9.13 Å². The molecular weight excluding hydrogens is 414 g/mol. The van der Waals surface area contributed by atoms with Crippen LogP contribution in [0, 0.1) is 13.8 Å². The molecule has 30 heavy (non-hydrogen) atoms. The van der Waals surface area contributed by atoms with Gasteiger partial charge in [-0.1, -0.05) is 24.3 Å². The molecule has 6 nitrogen and oxygen atoms in total. The summed E-state index contributed by atoms with van der Waals surface area (Å²) in [5.74, 6) is 0. The van der Waals surface area contributed by atoms with Gasteiger partial charge in [0.2, 0.25) is 0 Å². The van der Waals surface area contributed by atoms with Crippen LogP contribution < -0.4 is 10.6 Å². The maximum Gasteiger partial charge on any atom is 0.192 e. The predicted octanol–water partition coefficient (Wildman–Crippen LogP) is 6.76. The minimum Gasteiger partial charge on any atom is -0.269 e. The number of aryl methyl sites for hydroxylation is 2. The van der Waals surface area contributed by atoms with E-state index in [1.807, 2.05) is 77.9 Å². The van der Waals surface area contributed by atoms with Gasteiger partial charge in [-0.05, 0) is 64.8 Å². The average Bonchev–Trinajstić information content (AvgIpc) is 2.77. The predicted molar refractivity (Wildman–Crippen MR) is 128 cm³/mol. The zero-order valence-electron chi connectivity index (χ0n) is 18.8. The van der Waals surface area contributed by atoms with E-state index in [0.29, 0.717) is 0 Å². The van der Waals surface area contributed by atoms with Gasteiger partial charge in [0.1, 0.15) is 0 Å². The van der Waals surface area contributed by atoms with Crippen LogP contribution >= 0.6 is 16.9 Å². The number of rotatable bonds is 7. The van der Waals surface area contributed by atoms with Gasteiger partial charge >= 0.3 is 0 Å². The van der Waals surface area contributed by atoms with E-state index in [9.17, 15) is 9.13 Å². The molecule has 2 aromatic rings. The lowest BCUT2D eigenvalue weighted by atomic mass is 9.96. The highest BCUT2D eigenvalue weighted by Gasteiger charge is 2.14. The van der Waals surface area contributed by atoms with Crippen molar-refractivity contribution in [2.75, 3.05) is 26.2 Å². The number of nitrogens with zero attached hydrogens (tertiary/aromatic N) is 4. The molecule has 0 saturated heterocycles. The minimum atomic E-state index is -0.0165. The van der Waals surface area contributed by atoms with Crippen LogP contribution in [0.4, 0.5) is 0 Å². The van der Waals surface area contributed by atoms with Crippen LogP contribution in [0.3, 0.4) is 0 Å². The normalized spacial score (nSPS) is 10.7. The van der Waals surface area contributed by atoms with Gasteiger partial charge in [0.15, 0.2) is 16.9 Å². The minimum absolute atomic E-state index is 0.0165. The summed E-state index contributed by atoms with van der Waals surface area (Å²) in [6.45, 7) is 15.1. The summed E-state index contributed by atoms with van der Waals surface area (Å²) in [7, 11) is -0.0330. The van der Waals surface area contributed by atoms with E-state index < -0.39 is 0 Å². The molecule has 2 rings (SSSR count). The van der Waals surface area contributed by atoms with Crippen molar-refractivity contribution in [3.05, 3.63) is 47.5 Å². The van der Waals surface area contributed by atoms with Crippen LogP contribution in [0.2, 0.25) is 0 Å². The quantitative estimate of drug-likeness (QED) is 0.348. The third kappa shape index (κ3) is 10.0. The molecule has 0 atom stereocenters. The lowest BCUT2D eigenvalue weighted by Gasteiger charge is -2.13. The van der Waals surface area contributed by atoms with E-state index in [-0.39, 0.29) is 16.9 Å². The average molecular weight is 446 g/mol. The zero-order chi connectivity index (χ0) is 22.8. The Kier molecular flexibility index (Phi) is 16.4. The molecule has 0 aromatic heterocycles. The number of hydrogen-bond acceptors (Lipinski definition) is 6. The molecule has 0 spiro atoms. The van der Waals surface area contributed by atoms with Crippen LogP contribution in [0.1, 0.15) is 38.8 Å². The summed E-state index contributed by atoms with van der Waals surface area (Å²) in [5.41, 5.74) is 3.92. The topological polar surface area (TPSA) is 83.6 Å². The van der Waals surface area contributed by atoms with E-state index in [4.69, 9.17) is 0 Å². The molecule has 0 heterocycles. The molecule has 162 valence electrons. The maximum atomic E-state index is 11.3. The van der Waals surface area contributed by atoms with Gasteiger partial charge in [-0.3, -0.25) is 9.13 Å². The monoisotopic (exact) mass is 446 g/mol. The number of azo groups is 2. The highest BCUT2D eigenvalue weighted by Crippen LogP contribution is 2.27. The molecule has 0 bridgehead atoms. The Balaban J connectivity index is 0.000000580. The molecule has 0 amide bonds. The summed E-state index contributed by atoms with van der Waals surface area (Å²) in [4.78, 5) is 0. The lowest BCUT2D eigenvalue weighted by Crippen LogP contribution is -2.08. The maximum absolute atomic E-state index is 11.3. The van der Waals surface area contributed by atoms with Crippen molar-refractivity contribution in [3.63, 3.8) is 0 Å². The van der Waals surface area contributed by atoms with Crippen molar-refractivity contribution in [1.82, 2.24) is 0 Å². The van der Waals surface area contributed by atoms with E-state index in [1.165, 1.54) is 0 Å². The standard InChI is InChI=1S/C14H12O2P2.2C4H10N2/c1-9-5-3-7-11(17-15)13(9)14-10(2)6-4-8-12(14)18-16;2*1-3-5-6-4-2/h3-8H,1-2H3;2*3-4H2,1-2H3. The molecule has 0 N–H and O–H groups in total. The fourth-order valence-corrected chi connectivity index (χ4v) is 3.56. The third-order valence-corrected chi connectivity index (χ3v) is 4.85. The lowest BCUT2D eigenvalue weighted by molar-refractivity contribution is 0.602. The first kappa shape index (κ1) is 27.8. The first-order valence-electron chi connectivity index (χ1n) is 10.0. The van der Waals surface area contributed by atoms with Crippen molar-refractivity contribution < 1.29 is 9.13 Å². The van der Waals surface area contributed by atoms with E-state index in [1.54, 1.807) is 0 Å². The van der Waals surface area contributed by atoms with E-state index >= 15 is 0 Å². The van der Waals surface area contributed by atoms with Crippen LogP contribution in [-0.4, -0.2) is 26.2 Å². The van der Waals surface area contributed by atoms with Crippen LogP contribution in [0.25, 0.3) is 11.1 Å². The fourth-order valence-electron chi connectivity index (χ4n) is 2.51. The highest BCUT2D eigenvalue weighted by molar-refractivity contribution is 7.35. The molecular formula is C22H32N4O2P2. The first-order valence-corrected chi connectivity index (χ1v) is 11.7. The Morgan fingerprint density at radius 3 is 1.13 bits per heavy atom. The Morgan fingerprint density at radius 1 is 0.600 bits per heavy atom. The van der Waals surface area contributed by atoms with Crippen molar-refractivity contribution in [3.8, 4) is 11.1 Å². The van der Waals surface area contributed by atoms with Gasteiger partial charge in [0.25, 0.3) is 0 Å².